The second kappa shape index (κ2) is 3.81. The molecule has 0 bridgehead atoms. The summed E-state index contributed by atoms with van der Waals surface area (Å²) in [4.78, 5) is 0. The molecule has 2 fully saturated rings. The van der Waals surface area contributed by atoms with Crippen LogP contribution >= 0.6 is 0 Å². The molecule has 0 aromatic heterocycles. The average molecular weight is 207 g/mol. The van der Waals surface area contributed by atoms with Crippen LogP contribution in [0.15, 0.2) is 0 Å². The van der Waals surface area contributed by atoms with Gasteiger partial charge in [0.25, 0.3) is 0 Å². The zero-order valence-corrected chi connectivity index (χ0v) is 9.81. The number of ether oxygens (including phenoxy) is 1. The molecule has 2 rings (SSSR count). The molecule has 2 heteroatoms. The lowest BCUT2D eigenvalue weighted by atomic mass is 9.73. The fourth-order valence-corrected chi connectivity index (χ4v) is 2.62. The van der Waals surface area contributed by atoms with Crippen molar-refractivity contribution < 1.29 is 4.74 Å². The molecule has 1 aliphatic heterocycles. The van der Waals surface area contributed by atoms with E-state index in [1.807, 2.05) is 0 Å². The van der Waals surface area contributed by atoms with E-state index in [2.05, 4.69) is 25.1 Å². The highest BCUT2D eigenvalue weighted by molar-refractivity contribution is 5.09. The predicted octanol–water partition coefficient (Wildman–Crippen LogP) is 2.09. The van der Waals surface area contributed by atoms with Gasteiger partial charge >= 0.3 is 0 Å². The van der Waals surface area contributed by atoms with Crippen LogP contribution in [0.2, 0.25) is 0 Å². The third kappa shape index (κ3) is 2.35. The van der Waals surface area contributed by atoms with Crippen molar-refractivity contribution in [3.8, 4) is 12.3 Å². The van der Waals surface area contributed by atoms with Crippen LogP contribution in [-0.2, 0) is 4.74 Å². The third-order valence-corrected chi connectivity index (χ3v) is 3.68. The Labute approximate surface area is 92.8 Å². The number of rotatable bonds is 2. The van der Waals surface area contributed by atoms with Gasteiger partial charge in [-0.1, -0.05) is 5.92 Å². The molecule has 1 N–H and O–H groups in total. The average Bonchev–Trinajstić information content (AvgIpc) is 2.15. The Kier molecular flexibility index (Phi) is 2.79. The van der Waals surface area contributed by atoms with Gasteiger partial charge < -0.3 is 4.74 Å². The molecule has 2 nitrogen and oxygen atoms in total. The first-order valence-electron chi connectivity index (χ1n) is 5.95. The molecule has 15 heavy (non-hydrogen) atoms. The van der Waals surface area contributed by atoms with Gasteiger partial charge in [0.1, 0.15) is 0 Å². The lowest BCUT2D eigenvalue weighted by Gasteiger charge is -2.48. The van der Waals surface area contributed by atoms with Gasteiger partial charge in [-0.25, -0.2) is 0 Å². The number of hydrogen-bond donors (Lipinski definition) is 1. The molecule has 1 unspecified atom stereocenters. The van der Waals surface area contributed by atoms with E-state index in [9.17, 15) is 0 Å². The van der Waals surface area contributed by atoms with Crippen LogP contribution in [0.25, 0.3) is 0 Å². The monoisotopic (exact) mass is 207 g/mol. The van der Waals surface area contributed by atoms with Crippen molar-refractivity contribution in [2.45, 2.75) is 63.1 Å². The molecule has 0 aromatic rings. The minimum atomic E-state index is -0.188. The Morgan fingerprint density at radius 3 is 2.73 bits per heavy atom. The Bertz CT molecular complexity index is 273. The minimum absolute atomic E-state index is 0.188. The molecule has 1 spiro atoms. The second-order valence-electron chi connectivity index (χ2n) is 5.49. The zero-order valence-electron chi connectivity index (χ0n) is 9.81. The summed E-state index contributed by atoms with van der Waals surface area (Å²) >= 11 is 0. The van der Waals surface area contributed by atoms with Crippen LogP contribution < -0.4 is 5.32 Å². The number of hydrogen-bond acceptors (Lipinski definition) is 2. The summed E-state index contributed by atoms with van der Waals surface area (Å²) in [6.45, 7) is 5.02. The van der Waals surface area contributed by atoms with Crippen LogP contribution in [0.4, 0.5) is 0 Å². The summed E-state index contributed by atoms with van der Waals surface area (Å²) in [5.41, 5.74) is 0.0214. The topological polar surface area (TPSA) is 21.3 Å². The molecule has 0 radical (unpaired) electrons. The molecule has 1 aliphatic carbocycles. The van der Waals surface area contributed by atoms with E-state index in [4.69, 9.17) is 11.2 Å². The minimum Gasteiger partial charge on any atom is -0.375 e. The van der Waals surface area contributed by atoms with Crippen LogP contribution in [0.3, 0.4) is 0 Å². The van der Waals surface area contributed by atoms with E-state index in [1.54, 1.807) is 0 Å². The molecule has 1 heterocycles. The zero-order chi connectivity index (χ0) is 10.9. The van der Waals surface area contributed by atoms with Gasteiger partial charge in [0.2, 0.25) is 0 Å². The summed E-state index contributed by atoms with van der Waals surface area (Å²) < 4.78 is 5.89. The third-order valence-electron chi connectivity index (χ3n) is 3.68. The van der Waals surface area contributed by atoms with Crippen molar-refractivity contribution in [3.63, 3.8) is 0 Å². The molecular formula is C13H21NO. The Balaban J connectivity index is 1.91. The maximum absolute atomic E-state index is 5.89. The summed E-state index contributed by atoms with van der Waals surface area (Å²) in [6.07, 6.45) is 11.5. The lowest BCUT2D eigenvalue weighted by Crippen LogP contribution is -2.54. The van der Waals surface area contributed by atoms with Gasteiger partial charge in [-0.05, 0) is 46.0 Å². The van der Waals surface area contributed by atoms with E-state index < -0.39 is 0 Å². The molecule has 84 valence electrons. The highest BCUT2D eigenvalue weighted by atomic mass is 16.5. The predicted molar refractivity (Wildman–Crippen MR) is 61.6 cm³/mol. The lowest BCUT2D eigenvalue weighted by molar-refractivity contribution is -0.136. The SMILES string of the molecule is C#CC(C)(C)NC1CCOC2(CCC2)C1. The van der Waals surface area contributed by atoms with E-state index in [0.29, 0.717) is 6.04 Å². The van der Waals surface area contributed by atoms with Crippen molar-refractivity contribution in [1.29, 1.82) is 0 Å². The van der Waals surface area contributed by atoms with E-state index in [0.717, 1.165) is 19.4 Å². The van der Waals surface area contributed by atoms with Gasteiger partial charge in [-0.15, -0.1) is 6.42 Å². The molecule has 2 aliphatic rings. The summed E-state index contributed by atoms with van der Waals surface area (Å²) in [5, 5.41) is 3.55. The van der Waals surface area contributed by atoms with Crippen LogP contribution in [0, 0.1) is 12.3 Å². The first kappa shape index (κ1) is 11.0. The summed E-state index contributed by atoms with van der Waals surface area (Å²) in [6, 6.07) is 0.532. The fraction of sp³-hybridized carbons (Fsp3) is 0.846. The Hall–Kier alpha value is -0.520. The van der Waals surface area contributed by atoms with Gasteiger partial charge in [0.05, 0.1) is 11.1 Å². The van der Waals surface area contributed by atoms with Crippen molar-refractivity contribution in [2.75, 3.05) is 6.61 Å². The Morgan fingerprint density at radius 1 is 1.47 bits per heavy atom. The van der Waals surface area contributed by atoms with Crippen LogP contribution in [0.1, 0.15) is 46.0 Å². The smallest absolute Gasteiger partial charge is 0.0743 e. The van der Waals surface area contributed by atoms with Crippen molar-refractivity contribution >= 4 is 0 Å². The van der Waals surface area contributed by atoms with Crippen LogP contribution in [0.5, 0.6) is 0 Å². The largest absolute Gasteiger partial charge is 0.375 e. The van der Waals surface area contributed by atoms with E-state index in [1.165, 1.54) is 19.3 Å². The van der Waals surface area contributed by atoms with Crippen molar-refractivity contribution in [3.05, 3.63) is 0 Å². The van der Waals surface area contributed by atoms with E-state index in [-0.39, 0.29) is 11.1 Å². The molecule has 0 aromatic carbocycles. The number of nitrogens with one attached hydrogen (secondary N) is 1. The van der Waals surface area contributed by atoms with Crippen molar-refractivity contribution in [1.82, 2.24) is 5.32 Å². The first-order valence-corrected chi connectivity index (χ1v) is 5.95. The van der Waals surface area contributed by atoms with Crippen molar-refractivity contribution in [2.24, 2.45) is 0 Å². The highest BCUT2D eigenvalue weighted by Crippen LogP contribution is 2.42. The van der Waals surface area contributed by atoms with Gasteiger partial charge in [0.15, 0.2) is 0 Å². The highest BCUT2D eigenvalue weighted by Gasteiger charge is 2.43. The summed E-state index contributed by atoms with van der Waals surface area (Å²) in [7, 11) is 0. The van der Waals surface area contributed by atoms with Gasteiger partial charge in [0, 0.05) is 12.6 Å². The first-order chi connectivity index (χ1) is 7.05. The maximum atomic E-state index is 5.89. The van der Waals surface area contributed by atoms with Gasteiger partial charge in [-0.3, -0.25) is 5.32 Å². The molecule has 1 saturated heterocycles. The van der Waals surface area contributed by atoms with E-state index >= 15 is 0 Å². The quantitative estimate of drug-likeness (QED) is 0.700. The molecule has 1 saturated carbocycles. The second-order valence-corrected chi connectivity index (χ2v) is 5.49. The Morgan fingerprint density at radius 2 is 2.20 bits per heavy atom. The maximum Gasteiger partial charge on any atom is 0.0743 e. The molecule has 1 atom stereocenters. The molecule has 0 amide bonds. The fourth-order valence-electron chi connectivity index (χ4n) is 2.62. The molecular weight excluding hydrogens is 186 g/mol. The summed E-state index contributed by atoms with van der Waals surface area (Å²) in [5.74, 6) is 2.80. The normalized spacial score (nSPS) is 29.5. The van der Waals surface area contributed by atoms with Crippen LogP contribution in [-0.4, -0.2) is 23.8 Å². The number of terminal acetylenes is 1. The van der Waals surface area contributed by atoms with Gasteiger partial charge in [-0.2, -0.15) is 0 Å². The standard InChI is InChI=1S/C13H21NO/c1-4-12(2,3)14-11-6-9-15-13(10-11)7-5-8-13/h1,11,14H,5-10H2,2-3H3.